The minimum absolute atomic E-state index is 0.0147. The van der Waals surface area contributed by atoms with Gasteiger partial charge in [-0.1, -0.05) is 6.07 Å². The Hall–Kier alpha value is -3.22. The second kappa shape index (κ2) is 6.69. The van der Waals surface area contributed by atoms with Crippen LogP contribution >= 0.6 is 0 Å². The summed E-state index contributed by atoms with van der Waals surface area (Å²) in [5, 5.41) is 0. The van der Waals surface area contributed by atoms with Gasteiger partial charge in [0.2, 0.25) is 5.91 Å². The predicted octanol–water partition coefficient (Wildman–Crippen LogP) is 1.64. The summed E-state index contributed by atoms with van der Waals surface area (Å²) >= 11 is 0. The topological polar surface area (TPSA) is 103 Å². The van der Waals surface area contributed by atoms with Gasteiger partial charge in [0.25, 0.3) is 5.91 Å². The standard InChI is InChI=1S/C16H15N3O4/c1-10(20)19(12-8-6-11(17)7-9-12)15(21)13-4-3-5-14(18-13)16(22)23-2/h3-9H,17H2,1-2H3. The quantitative estimate of drug-likeness (QED) is 0.682. The average molecular weight is 313 g/mol. The molecule has 0 aliphatic carbocycles. The van der Waals surface area contributed by atoms with Crippen molar-refractivity contribution < 1.29 is 19.1 Å². The van der Waals surface area contributed by atoms with E-state index in [-0.39, 0.29) is 11.4 Å². The van der Waals surface area contributed by atoms with E-state index < -0.39 is 17.8 Å². The van der Waals surface area contributed by atoms with Crippen molar-refractivity contribution >= 4 is 29.2 Å². The molecule has 2 N–H and O–H groups in total. The molecule has 118 valence electrons. The zero-order valence-corrected chi connectivity index (χ0v) is 12.6. The van der Waals surface area contributed by atoms with Gasteiger partial charge in [0.15, 0.2) is 0 Å². The van der Waals surface area contributed by atoms with E-state index in [0.29, 0.717) is 11.4 Å². The summed E-state index contributed by atoms with van der Waals surface area (Å²) in [6.07, 6.45) is 0. The summed E-state index contributed by atoms with van der Waals surface area (Å²) in [6, 6.07) is 10.6. The predicted molar refractivity (Wildman–Crippen MR) is 83.9 cm³/mol. The maximum Gasteiger partial charge on any atom is 0.356 e. The van der Waals surface area contributed by atoms with Crippen molar-refractivity contribution in [3.05, 3.63) is 53.9 Å². The van der Waals surface area contributed by atoms with Gasteiger partial charge in [-0.15, -0.1) is 0 Å². The minimum atomic E-state index is -0.665. The summed E-state index contributed by atoms with van der Waals surface area (Å²) < 4.78 is 4.57. The minimum Gasteiger partial charge on any atom is -0.464 e. The molecular formula is C16H15N3O4. The van der Waals surface area contributed by atoms with Crippen LogP contribution < -0.4 is 10.6 Å². The number of methoxy groups -OCH3 is 1. The zero-order chi connectivity index (χ0) is 17.0. The van der Waals surface area contributed by atoms with Gasteiger partial charge in [-0.2, -0.15) is 0 Å². The number of esters is 1. The summed E-state index contributed by atoms with van der Waals surface area (Å²) in [7, 11) is 1.22. The van der Waals surface area contributed by atoms with Crippen LogP contribution in [0, 0.1) is 0 Å². The Labute approximate surface area is 132 Å². The number of rotatable bonds is 3. The lowest BCUT2D eigenvalue weighted by molar-refractivity contribution is -0.115. The number of aromatic nitrogens is 1. The largest absolute Gasteiger partial charge is 0.464 e. The van der Waals surface area contributed by atoms with Crippen LogP contribution in [0.3, 0.4) is 0 Å². The van der Waals surface area contributed by atoms with Crippen LogP contribution in [0.2, 0.25) is 0 Å². The van der Waals surface area contributed by atoms with Gasteiger partial charge in [-0.05, 0) is 36.4 Å². The van der Waals surface area contributed by atoms with Crippen LogP contribution in [-0.4, -0.2) is 29.9 Å². The molecule has 7 heteroatoms. The van der Waals surface area contributed by atoms with Gasteiger partial charge >= 0.3 is 5.97 Å². The second-order valence-corrected chi connectivity index (χ2v) is 4.65. The first-order valence-electron chi connectivity index (χ1n) is 6.70. The molecule has 2 amide bonds. The molecule has 0 saturated carbocycles. The molecule has 23 heavy (non-hydrogen) atoms. The first kappa shape index (κ1) is 16.2. The van der Waals surface area contributed by atoms with Crippen molar-refractivity contribution in [1.29, 1.82) is 0 Å². The van der Waals surface area contributed by atoms with Crippen molar-refractivity contribution in [2.45, 2.75) is 6.92 Å². The third-order valence-electron chi connectivity index (χ3n) is 3.03. The third kappa shape index (κ3) is 3.52. The molecule has 7 nitrogen and oxygen atoms in total. The van der Waals surface area contributed by atoms with E-state index in [0.717, 1.165) is 4.90 Å². The lowest BCUT2D eigenvalue weighted by atomic mass is 10.2. The number of hydrogen-bond acceptors (Lipinski definition) is 6. The third-order valence-corrected chi connectivity index (χ3v) is 3.03. The molecule has 1 aromatic heterocycles. The first-order valence-corrected chi connectivity index (χ1v) is 6.70. The van der Waals surface area contributed by atoms with E-state index in [9.17, 15) is 14.4 Å². The highest BCUT2D eigenvalue weighted by Crippen LogP contribution is 2.19. The molecule has 1 aromatic carbocycles. The molecular weight excluding hydrogens is 298 g/mol. The Morgan fingerprint density at radius 2 is 1.65 bits per heavy atom. The smallest absolute Gasteiger partial charge is 0.356 e. The molecule has 0 aliphatic rings. The van der Waals surface area contributed by atoms with Crippen molar-refractivity contribution in [1.82, 2.24) is 4.98 Å². The number of pyridine rings is 1. The highest BCUT2D eigenvalue weighted by Gasteiger charge is 2.23. The van der Waals surface area contributed by atoms with Gasteiger partial charge in [0, 0.05) is 12.6 Å². The van der Waals surface area contributed by atoms with Gasteiger partial charge in [0.1, 0.15) is 11.4 Å². The number of imide groups is 1. The maximum atomic E-state index is 12.6. The van der Waals surface area contributed by atoms with Crippen LogP contribution in [-0.2, 0) is 9.53 Å². The lowest BCUT2D eigenvalue weighted by Gasteiger charge is -2.19. The van der Waals surface area contributed by atoms with E-state index >= 15 is 0 Å². The fraction of sp³-hybridized carbons (Fsp3) is 0.125. The molecule has 2 aromatic rings. The SMILES string of the molecule is COC(=O)c1cccc(C(=O)N(C(C)=O)c2ccc(N)cc2)n1. The Balaban J connectivity index is 2.41. The number of nitrogens with zero attached hydrogens (tertiary/aromatic N) is 2. The van der Waals surface area contributed by atoms with Gasteiger partial charge in [0.05, 0.1) is 12.8 Å². The normalized spacial score (nSPS) is 10.0. The number of carbonyl (C=O) groups is 3. The number of hydrogen-bond donors (Lipinski definition) is 1. The maximum absolute atomic E-state index is 12.6. The molecule has 0 bridgehead atoms. The molecule has 0 fully saturated rings. The Bertz CT molecular complexity index is 756. The Morgan fingerprint density at radius 3 is 2.22 bits per heavy atom. The Morgan fingerprint density at radius 1 is 1.04 bits per heavy atom. The van der Waals surface area contributed by atoms with E-state index in [1.54, 1.807) is 24.3 Å². The van der Waals surface area contributed by atoms with E-state index in [2.05, 4.69) is 9.72 Å². The van der Waals surface area contributed by atoms with Crippen molar-refractivity contribution in [3.8, 4) is 0 Å². The summed E-state index contributed by atoms with van der Waals surface area (Å²) in [5.74, 6) is -1.79. The molecule has 0 spiro atoms. The fourth-order valence-corrected chi connectivity index (χ4v) is 1.95. The number of nitrogen functional groups attached to an aromatic ring is 1. The number of nitrogens with two attached hydrogens (primary N) is 1. The van der Waals surface area contributed by atoms with Crippen LogP contribution in [0.15, 0.2) is 42.5 Å². The van der Waals surface area contributed by atoms with Crippen molar-refractivity contribution in [3.63, 3.8) is 0 Å². The Kier molecular flexibility index (Phi) is 4.70. The molecule has 0 radical (unpaired) electrons. The zero-order valence-electron chi connectivity index (χ0n) is 12.6. The molecule has 0 aliphatic heterocycles. The second-order valence-electron chi connectivity index (χ2n) is 4.65. The highest BCUT2D eigenvalue weighted by molar-refractivity contribution is 6.20. The van der Waals surface area contributed by atoms with Gasteiger partial charge in [-0.25, -0.2) is 14.7 Å². The summed E-state index contributed by atoms with van der Waals surface area (Å²) in [4.78, 5) is 40.9. The van der Waals surface area contributed by atoms with E-state index in [1.165, 1.54) is 32.2 Å². The number of benzene rings is 1. The monoisotopic (exact) mass is 313 g/mol. The number of anilines is 2. The first-order chi connectivity index (χ1) is 10.9. The van der Waals surface area contributed by atoms with E-state index in [1.807, 2.05) is 0 Å². The average Bonchev–Trinajstić information content (AvgIpc) is 2.55. The van der Waals surface area contributed by atoms with Crippen LogP contribution in [0.5, 0.6) is 0 Å². The van der Waals surface area contributed by atoms with Crippen LogP contribution in [0.4, 0.5) is 11.4 Å². The number of amides is 2. The molecule has 1 heterocycles. The molecule has 0 saturated heterocycles. The van der Waals surface area contributed by atoms with Crippen molar-refractivity contribution in [2.24, 2.45) is 0 Å². The van der Waals surface area contributed by atoms with Crippen molar-refractivity contribution in [2.75, 3.05) is 17.7 Å². The molecule has 0 unspecified atom stereocenters. The summed E-state index contributed by atoms with van der Waals surface area (Å²) in [6.45, 7) is 1.26. The van der Waals surface area contributed by atoms with Gasteiger partial charge in [-0.3, -0.25) is 9.59 Å². The fourth-order valence-electron chi connectivity index (χ4n) is 1.95. The molecule has 0 atom stereocenters. The molecule has 2 rings (SSSR count). The lowest BCUT2D eigenvalue weighted by Crippen LogP contribution is -2.36. The summed E-state index contributed by atoms with van der Waals surface area (Å²) in [5.41, 5.74) is 6.42. The van der Waals surface area contributed by atoms with Crippen LogP contribution in [0.1, 0.15) is 27.9 Å². The van der Waals surface area contributed by atoms with Gasteiger partial charge < -0.3 is 10.5 Å². The van der Waals surface area contributed by atoms with Crippen LogP contribution in [0.25, 0.3) is 0 Å². The number of ether oxygens (including phenoxy) is 1. The van der Waals surface area contributed by atoms with E-state index in [4.69, 9.17) is 5.73 Å². The number of carbonyl (C=O) groups excluding carboxylic acids is 3. The highest BCUT2D eigenvalue weighted by atomic mass is 16.5.